The Hall–Kier alpha value is -3.45. The highest BCUT2D eigenvalue weighted by Gasteiger charge is 2.51. The molecule has 3 heterocycles. The van der Waals surface area contributed by atoms with Crippen LogP contribution in [0.3, 0.4) is 0 Å². The van der Waals surface area contributed by atoms with E-state index in [9.17, 15) is 9.59 Å². The number of benzene rings is 1. The number of rotatable bonds is 6. The van der Waals surface area contributed by atoms with Crippen LogP contribution in [0, 0.1) is 11.8 Å². The minimum absolute atomic E-state index is 0.125. The van der Waals surface area contributed by atoms with Crippen molar-refractivity contribution in [2.24, 2.45) is 11.8 Å². The molecule has 1 aromatic carbocycles. The zero-order chi connectivity index (χ0) is 21.7. The average molecular weight is 428 g/mol. The molecule has 2 aliphatic carbocycles. The number of carbonyl (C=O) groups is 1. The van der Waals surface area contributed by atoms with Crippen molar-refractivity contribution in [1.82, 2.24) is 25.0 Å². The van der Waals surface area contributed by atoms with Crippen LogP contribution in [0.4, 0.5) is 0 Å². The first-order chi connectivity index (χ1) is 15.7. The van der Waals surface area contributed by atoms with Gasteiger partial charge < -0.3 is 15.6 Å². The maximum Gasteiger partial charge on any atom is 0.270 e. The van der Waals surface area contributed by atoms with E-state index in [1.165, 1.54) is 35.4 Å². The molecular weight excluding hydrogens is 402 g/mol. The second kappa shape index (κ2) is 7.60. The normalized spacial score (nSPS) is 21.7. The van der Waals surface area contributed by atoms with Crippen molar-refractivity contribution in [1.29, 1.82) is 0 Å². The lowest BCUT2D eigenvalue weighted by Gasteiger charge is -2.06. The molecule has 32 heavy (non-hydrogen) atoms. The Balaban J connectivity index is 1.11. The fourth-order valence-corrected chi connectivity index (χ4v) is 5.23. The number of hydrogen-bond donors (Lipinski definition) is 3. The van der Waals surface area contributed by atoms with Gasteiger partial charge in [-0.15, -0.1) is 0 Å². The third-order valence-corrected chi connectivity index (χ3v) is 6.93. The molecule has 2 unspecified atom stereocenters. The highest BCUT2D eigenvalue weighted by atomic mass is 16.2. The van der Waals surface area contributed by atoms with E-state index in [2.05, 4.69) is 38.8 Å². The van der Waals surface area contributed by atoms with Gasteiger partial charge in [0.1, 0.15) is 11.3 Å². The summed E-state index contributed by atoms with van der Waals surface area (Å²) in [4.78, 5) is 32.6. The molecule has 4 aromatic rings. The van der Waals surface area contributed by atoms with Gasteiger partial charge in [0, 0.05) is 42.6 Å². The molecule has 1 amide bonds. The Labute approximate surface area is 184 Å². The van der Waals surface area contributed by atoms with Gasteiger partial charge in [0.25, 0.3) is 11.5 Å². The zero-order valence-electron chi connectivity index (χ0n) is 17.7. The van der Waals surface area contributed by atoms with Gasteiger partial charge in [0.2, 0.25) is 0 Å². The average Bonchev–Trinajstić information content (AvgIpc) is 3.14. The summed E-state index contributed by atoms with van der Waals surface area (Å²) in [7, 11) is 0. The molecule has 0 saturated heterocycles. The number of aromatic nitrogens is 3. The maximum absolute atomic E-state index is 12.6. The second-order valence-corrected chi connectivity index (χ2v) is 8.97. The Morgan fingerprint density at radius 2 is 1.97 bits per heavy atom. The molecule has 0 aliphatic heterocycles. The molecule has 3 N–H and O–H groups in total. The maximum atomic E-state index is 12.6. The number of H-pyrrole nitrogens is 1. The third-order valence-electron chi connectivity index (χ3n) is 6.93. The molecule has 2 atom stereocenters. The van der Waals surface area contributed by atoms with E-state index in [4.69, 9.17) is 0 Å². The van der Waals surface area contributed by atoms with E-state index in [0.29, 0.717) is 18.2 Å². The van der Waals surface area contributed by atoms with Gasteiger partial charge >= 0.3 is 0 Å². The van der Waals surface area contributed by atoms with E-state index in [1.807, 2.05) is 6.07 Å². The van der Waals surface area contributed by atoms with Crippen molar-refractivity contribution in [3.63, 3.8) is 0 Å². The van der Waals surface area contributed by atoms with Crippen LogP contribution < -0.4 is 16.2 Å². The standard InChI is InChI=1S/C25H25N5O2/c31-23-12-21(29-22-6-1-2-9-30(22)23)25(32)27-13-15-7-8-16-11-17(28-20(16)10-15)14-26-24-18-4-3-5-19(18)24/h1-2,6-12,18-19,24,26,28H,3-5,13-14H2,(H,27,32). The molecular formula is C25H25N5O2. The van der Waals surface area contributed by atoms with Gasteiger partial charge in [-0.05, 0) is 59.9 Å². The van der Waals surface area contributed by atoms with Gasteiger partial charge in [-0.3, -0.25) is 14.0 Å². The number of hydrogen-bond acceptors (Lipinski definition) is 4. The van der Waals surface area contributed by atoms with Crippen LogP contribution >= 0.6 is 0 Å². The summed E-state index contributed by atoms with van der Waals surface area (Å²) in [5.74, 6) is 1.45. The summed E-state index contributed by atoms with van der Waals surface area (Å²) in [6.45, 7) is 1.23. The monoisotopic (exact) mass is 427 g/mol. The molecule has 162 valence electrons. The number of fused-ring (bicyclic) bond motifs is 3. The molecule has 0 spiro atoms. The summed E-state index contributed by atoms with van der Waals surface area (Å²) in [6, 6.07) is 15.6. The van der Waals surface area contributed by atoms with Gasteiger partial charge in [-0.2, -0.15) is 0 Å². The Kier molecular flexibility index (Phi) is 4.57. The third kappa shape index (κ3) is 3.48. The van der Waals surface area contributed by atoms with Crippen LogP contribution in [0.25, 0.3) is 16.6 Å². The zero-order valence-corrected chi connectivity index (χ0v) is 17.7. The van der Waals surface area contributed by atoms with Gasteiger partial charge in [0.15, 0.2) is 0 Å². The first kappa shape index (κ1) is 19.3. The lowest BCUT2D eigenvalue weighted by atomic mass is 10.1. The largest absolute Gasteiger partial charge is 0.357 e. The van der Waals surface area contributed by atoms with E-state index in [0.717, 1.165) is 34.8 Å². The van der Waals surface area contributed by atoms with Crippen LogP contribution in [0.5, 0.6) is 0 Å². The predicted molar refractivity (Wildman–Crippen MR) is 122 cm³/mol. The molecule has 7 nitrogen and oxygen atoms in total. The second-order valence-electron chi connectivity index (χ2n) is 8.97. The van der Waals surface area contributed by atoms with Crippen molar-refractivity contribution in [3.8, 4) is 0 Å². The summed E-state index contributed by atoms with van der Waals surface area (Å²) in [5.41, 5.74) is 3.54. The molecule has 2 aliphatic rings. The quantitative estimate of drug-likeness (QED) is 0.441. The Bertz CT molecular complexity index is 1380. The van der Waals surface area contributed by atoms with Gasteiger partial charge in [-0.25, -0.2) is 4.98 Å². The van der Waals surface area contributed by atoms with Gasteiger partial charge in [-0.1, -0.05) is 24.6 Å². The minimum atomic E-state index is -0.361. The van der Waals surface area contributed by atoms with Crippen molar-refractivity contribution >= 4 is 22.5 Å². The first-order valence-corrected chi connectivity index (χ1v) is 11.3. The first-order valence-electron chi connectivity index (χ1n) is 11.3. The molecule has 2 fully saturated rings. The minimum Gasteiger partial charge on any atom is -0.357 e. The number of amides is 1. The lowest BCUT2D eigenvalue weighted by Crippen LogP contribution is -2.26. The van der Waals surface area contributed by atoms with E-state index >= 15 is 0 Å². The molecule has 7 heteroatoms. The van der Waals surface area contributed by atoms with Crippen LogP contribution in [0.1, 0.15) is 41.0 Å². The van der Waals surface area contributed by atoms with E-state index in [1.54, 1.807) is 24.4 Å². The van der Waals surface area contributed by atoms with Crippen molar-refractivity contribution < 1.29 is 4.79 Å². The molecule has 0 bridgehead atoms. The molecule has 6 rings (SSSR count). The number of carbonyl (C=O) groups excluding carboxylic acids is 1. The molecule has 2 saturated carbocycles. The summed E-state index contributed by atoms with van der Waals surface area (Å²) in [6.07, 6.45) is 5.80. The number of pyridine rings is 1. The van der Waals surface area contributed by atoms with Crippen molar-refractivity contribution in [3.05, 3.63) is 82.0 Å². The lowest BCUT2D eigenvalue weighted by molar-refractivity contribution is 0.0946. The number of aromatic amines is 1. The highest BCUT2D eigenvalue weighted by Crippen LogP contribution is 2.51. The van der Waals surface area contributed by atoms with Crippen LogP contribution in [0.2, 0.25) is 0 Å². The van der Waals surface area contributed by atoms with Crippen LogP contribution in [0.15, 0.2) is 59.5 Å². The van der Waals surface area contributed by atoms with E-state index in [-0.39, 0.29) is 17.2 Å². The van der Waals surface area contributed by atoms with Crippen LogP contribution in [-0.4, -0.2) is 26.3 Å². The topological polar surface area (TPSA) is 91.3 Å². The summed E-state index contributed by atoms with van der Waals surface area (Å²) >= 11 is 0. The summed E-state index contributed by atoms with van der Waals surface area (Å²) < 4.78 is 1.41. The number of nitrogens with zero attached hydrogens (tertiary/aromatic N) is 2. The molecule has 3 aromatic heterocycles. The smallest absolute Gasteiger partial charge is 0.270 e. The Morgan fingerprint density at radius 1 is 1.09 bits per heavy atom. The highest BCUT2D eigenvalue weighted by molar-refractivity contribution is 5.92. The fourth-order valence-electron chi connectivity index (χ4n) is 5.23. The SMILES string of the molecule is O=C(NCc1ccc2cc(CNC3C4CCCC43)[nH]c2c1)c1cc(=O)n2ccccc2n1. The number of nitrogens with one attached hydrogen (secondary N) is 3. The fraction of sp³-hybridized carbons (Fsp3) is 0.320. The predicted octanol–water partition coefficient (Wildman–Crippen LogP) is 2.99. The van der Waals surface area contributed by atoms with Crippen LogP contribution in [-0.2, 0) is 13.1 Å². The van der Waals surface area contributed by atoms with Gasteiger partial charge in [0.05, 0.1) is 0 Å². The molecule has 0 radical (unpaired) electrons. The Morgan fingerprint density at radius 3 is 2.84 bits per heavy atom. The summed E-state index contributed by atoms with van der Waals surface area (Å²) in [5, 5.41) is 7.74. The van der Waals surface area contributed by atoms with Crippen molar-refractivity contribution in [2.45, 2.75) is 38.4 Å². The van der Waals surface area contributed by atoms with Crippen molar-refractivity contribution in [2.75, 3.05) is 0 Å². The van der Waals surface area contributed by atoms with E-state index < -0.39 is 0 Å².